The SMILES string of the molecule is O=C(/C=C/c1ccccc1)CC1(O)C(=O)N(Cc2ccccc2)c2ccc(Cl)cc21. The maximum Gasteiger partial charge on any atom is 0.264 e. The van der Waals surface area contributed by atoms with E-state index in [2.05, 4.69) is 0 Å². The van der Waals surface area contributed by atoms with Crippen molar-refractivity contribution in [2.24, 2.45) is 0 Å². The van der Waals surface area contributed by atoms with E-state index < -0.39 is 11.5 Å². The number of hydrogen-bond acceptors (Lipinski definition) is 3. The molecule has 5 heteroatoms. The van der Waals surface area contributed by atoms with Crippen molar-refractivity contribution in [2.45, 2.75) is 18.6 Å². The van der Waals surface area contributed by atoms with E-state index in [1.807, 2.05) is 60.7 Å². The minimum absolute atomic E-state index is 0.296. The Bertz CT molecular complexity index is 1110. The summed E-state index contributed by atoms with van der Waals surface area (Å²) in [7, 11) is 0. The highest BCUT2D eigenvalue weighted by molar-refractivity contribution is 6.31. The number of rotatable bonds is 6. The van der Waals surface area contributed by atoms with E-state index in [9.17, 15) is 14.7 Å². The van der Waals surface area contributed by atoms with Gasteiger partial charge in [-0.3, -0.25) is 9.59 Å². The second kappa shape index (κ2) is 8.27. The van der Waals surface area contributed by atoms with E-state index in [0.717, 1.165) is 11.1 Å². The Morgan fingerprint density at radius 2 is 1.67 bits per heavy atom. The predicted molar refractivity (Wildman–Crippen MR) is 118 cm³/mol. The molecule has 150 valence electrons. The van der Waals surface area contributed by atoms with Crippen LogP contribution in [0.3, 0.4) is 0 Å². The van der Waals surface area contributed by atoms with Crippen LogP contribution in [0, 0.1) is 0 Å². The number of hydrogen-bond donors (Lipinski definition) is 1. The molecule has 1 unspecified atom stereocenters. The van der Waals surface area contributed by atoms with Crippen molar-refractivity contribution in [1.29, 1.82) is 0 Å². The normalized spacial score (nSPS) is 18.1. The van der Waals surface area contributed by atoms with E-state index in [4.69, 9.17) is 11.6 Å². The van der Waals surface area contributed by atoms with Gasteiger partial charge in [-0.25, -0.2) is 0 Å². The van der Waals surface area contributed by atoms with Crippen LogP contribution in [0.4, 0.5) is 5.69 Å². The molecule has 0 spiro atoms. The first-order valence-corrected chi connectivity index (χ1v) is 9.99. The van der Waals surface area contributed by atoms with E-state index in [0.29, 0.717) is 22.8 Å². The average molecular weight is 418 g/mol. The number of carbonyl (C=O) groups is 2. The molecule has 1 aliphatic rings. The number of allylic oxidation sites excluding steroid dienone is 1. The van der Waals surface area contributed by atoms with Gasteiger partial charge in [0.15, 0.2) is 11.4 Å². The van der Waals surface area contributed by atoms with Crippen molar-refractivity contribution in [3.63, 3.8) is 0 Å². The van der Waals surface area contributed by atoms with Crippen LogP contribution >= 0.6 is 11.6 Å². The van der Waals surface area contributed by atoms with Gasteiger partial charge in [-0.05, 0) is 35.4 Å². The molecule has 0 aliphatic carbocycles. The van der Waals surface area contributed by atoms with Crippen molar-refractivity contribution >= 4 is 35.1 Å². The molecule has 0 aromatic heterocycles. The Morgan fingerprint density at radius 1 is 1.00 bits per heavy atom. The van der Waals surface area contributed by atoms with Crippen LogP contribution < -0.4 is 4.90 Å². The standard InChI is InChI=1S/C25H20ClNO3/c26-20-12-14-23-22(15-20)25(30,16-21(28)13-11-18-7-3-1-4-8-18)24(29)27(23)17-19-9-5-2-6-10-19/h1-15,30H,16-17H2/b13-11+. The summed E-state index contributed by atoms with van der Waals surface area (Å²) in [6.45, 7) is 0.296. The summed E-state index contributed by atoms with van der Waals surface area (Å²) in [5.41, 5.74) is 0.761. The molecule has 3 aromatic carbocycles. The van der Waals surface area contributed by atoms with Gasteiger partial charge in [-0.1, -0.05) is 78.3 Å². The van der Waals surface area contributed by atoms with Gasteiger partial charge in [-0.2, -0.15) is 0 Å². The van der Waals surface area contributed by atoms with Crippen molar-refractivity contribution in [2.75, 3.05) is 4.90 Å². The Hall–Kier alpha value is -3.21. The van der Waals surface area contributed by atoms with Crippen LogP contribution in [-0.4, -0.2) is 16.8 Å². The van der Waals surface area contributed by atoms with Gasteiger partial charge in [0.05, 0.1) is 18.7 Å². The third-order valence-electron chi connectivity index (χ3n) is 5.17. The molecule has 3 aromatic rings. The fourth-order valence-electron chi connectivity index (χ4n) is 3.68. The number of amides is 1. The summed E-state index contributed by atoms with van der Waals surface area (Å²) in [6, 6.07) is 23.8. The Morgan fingerprint density at radius 3 is 2.37 bits per heavy atom. The zero-order valence-corrected chi connectivity index (χ0v) is 16.9. The number of carbonyl (C=O) groups excluding carboxylic acids is 2. The maximum atomic E-state index is 13.3. The molecule has 0 bridgehead atoms. The molecule has 0 saturated carbocycles. The second-order valence-electron chi connectivity index (χ2n) is 7.29. The number of fused-ring (bicyclic) bond motifs is 1. The number of anilines is 1. The van der Waals surface area contributed by atoms with Crippen LogP contribution in [-0.2, 0) is 21.7 Å². The molecule has 0 saturated heterocycles. The molecular formula is C25H20ClNO3. The molecule has 1 amide bonds. The fraction of sp³-hybridized carbons (Fsp3) is 0.120. The van der Waals surface area contributed by atoms with Crippen molar-refractivity contribution in [3.05, 3.63) is 107 Å². The van der Waals surface area contributed by atoms with Crippen LogP contribution in [0.1, 0.15) is 23.1 Å². The second-order valence-corrected chi connectivity index (χ2v) is 7.72. The van der Waals surface area contributed by atoms with Gasteiger partial charge in [0, 0.05) is 10.6 Å². The molecule has 1 atom stereocenters. The van der Waals surface area contributed by atoms with Crippen molar-refractivity contribution < 1.29 is 14.7 Å². The molecule has 0 fully saturated rings. The Kier molecular flexibility index (Phi) is 5.53. The minimum atomic E-state index is -1.95. The number of benzene rings is 3. The summed E-state index contributed by atoms with van der Waals surface area (Å²) < 4.78 is 0. The fourth-order valence-corrected chi connectivity index (χ4v) is 3.85. The van der Waals surface area contributed by atoms with Crippen molar-refractivity contribution in [1.82, 2.24) is 0 Å². The zero-order chi connectivity index (χ0) is 21.1. The van der Waals surface area contributed by atoms with Crippen LogP contribution in [0.15, 0.2) is 84.9 Å². The summed E-state index contributed by atoms with van der Waals surface area (Å²) >= 11 is 6.14. The smallest absolute Gasteiger partial charge is 0.264 e. The lowest BCUT2D eigenvalue weighted by Gasteiger charge is -2.22. The number of ketones is 1. The summed E-state index contributed by atoms with van der Waals surface area (Å²) in [5, 5.41) is 11.7. The molecule has 4 nitrogen and oxygen atoms in total. The summed E-state index contributed by atoms with van der Waals surface area (Å²) in [6.07, 6.45) is 2.71. The van der Waals surface area contributed by atoms with E-state index in [1.54, 1.807) is 24.3 Å². The first-order valence-electron chi connectivity index (χ1n) is 9.62. The van der Waals surface area contributed by atoms with Crippen LogP contribution in [0.5, 0.6) is 0 Å². The first kappa shape index (κ1) is 20.1. The monoisotopic (exact) mass is 417 g/mol. The van der Waals surface area contributed by atoms with E-state index >= 15 is 0 Å². The highest BCUT2D eigenvalue weighted by atomic mass is 35.5. The topological polar surface area (TPSA) is 57.6 Å². The molecule has 1 N–H and O–H groups in total. The third kappa shape index (κ3) is 3.92. The van der Waals surface area contributed by atoms with Gasteiger partial charge >= 0.3 is 0 Å². The van der Waals surface area contributed by atoms with Crippen LogP contribution in [0.25, 0.3) is 6.08 Å². The van der Waals surface area contributed by atoms with Crippen molar-refractivity contribution in [3.8, 4) is 0 Å². The zero-order valence-electron chi connectivity index (χ0n) is 16.2. The lowest BCUT2D eigenvalue weighted by atomic mass is 9.89. The lowest BCUT2D eigenvalue weighted by molar-refractivity contribution is -0.140. The number of halogens is 1. The molecule has 1 heterocycles. The average Bonchev–Trinajstić information content (AvgIpc) is 2.95. The highest BCUT2D eigenvalue weighted by Gasteiger charge is 2.50. The van der Waals surface area contributed by atoms with Gasteiger partial charge in [-0.15, -0.1) is 0 Å². The Balaban J connectivity index is 1.63. The Labute approximate surface area is 180 Å². The molecular weight excluding hydrogens is 398 g/mol. The quantitative estimate of drug-likeness (QED) is 0.589. The molecule has 0 radical (unpaired) electrons. The van der Waals surface area contributed by atoms with E-state index in [-0.39, 0.29) is 12.2 Å². The maximum absolute atomic E-state index is 13.3. The van der Waals surface area contributed by atoms with Gasteiger partial charge < -0.3 is 10.0 Å². The number of nitrogens with zero attached hydrogens (tertiary/aromatic N) is 1. The minimum Gasteiger partial charge on any atom is -0.375 e. The lowest BCUT2D eigenvalue weighted by Crippen LogP contribution is -2.41. The van der Waals surface area contributed by atoms with Gasteiger partial charge in [0.1, 0.15) is 0 Å². The highest BCUT2D eigenvalue weighted by Crippen LogP contribution is 2.44. The molecule has 30 heavy (non-hydrogen) atoms. The van der Waals surface area contributed by atoms with E-state index in [1.165, 1.54) is 11.0 Å². The predicted octanol–water partition coefficient (Wildman–Crippen LogP) is 4.75. The molecule has 1 aliphatic heterocycles. The molecule has 4 rings (SSSR count). The largest absolute Gasteiger partial charge is 0.375 e. The van der Waals surface area contributed by atoms with Gasteiger partial charge in [0.2, 0.25) is 0 Å². The van der Waals surface area contributed by atoms with Crippen LogP contribution in [0.2, 0.25) is 5.02 Å². The summed E-state index contributed by atoms with van der Waals surface area (Å²) in [5.74, 6) is -0.868. The van der Waals surface area contributed by atoms with Gasteiger partial charge in [0.25, 0.3) is 5.91 Å². The summed E-state index contributed by atoms with van der Waals surface area (Å²) in [4.78, 5) is 27.4. The first-order chi connectivity index (χ1) is 14.5. The third-order valence-corrected chi connectivity index (χ3v) is 5.40. The number of aliphatic hydroxyl groups is 1.